The Hall–Kier alpha value is -1.88. The van der Waals surface area contributed by atoms with Crippen LogP contribution in [-0.4, -0.2) is 41.9 Å². The molecule has 1 atom stereocenters. The van der Waals surface area contributed by atoms with Crippen molar-refractivity contribution in [2.75, 3.05) is 25.0 Å². The summed E-state index contributed by atoms with van der Waals surface area (Å²) in [6.07, 6.45) is 1.83. The van der Waals surface area contributed by atoms with Crippen LogP contribution in [0.3, 0.4) is 0 Å². The quantitative estimate of drug-likeness (QED) is 0.891. The van der Waals surface area contributed by atoms with E-state index in [-0.39, 0.29) is 23.3 Å². The van der Waals surface area contributed by atoms with Gasteiger partial charge in [0, 0.05) is 17.8 Å². The first-order valence-corrected chi connectivity index (χ1v) is 8.64. The Balaban J connectivity index is 1.86. The topological polar surface area (TPSA) is 61.4 Å². The number of aryl methyl sites for hydroxylation is 1. The summed E-state index contributed by atoms with van der Waals surface area (Å²) in [6.45, 7) is 9.79. The number of carbonyl (C=O) groups excluding carboxylic acids is 2. The first-order chi connectivity index (χ1) is 11.2. The van der Waals surface area contributed by atoms with Gasteiger partial charge in [-0.3, -0.25) is 14.5 Å². The minimum Gasteiger partial charge on any atom is -0.351 e. The molecule has 1 unspecified atom stereocenters. The zero-order valence-corrected chi connectivity index (χ0v) is 15.2. The molecule has 1 heterocycles. The Morgan fingerprint density at radius 2 is 2.04 bits per heavy atom. The molecule has 0 spiro atoms. The number of amides is 2. The van der Waals surface area contributed by atoms with Crippen molar-refractivity contribution >= 4 is 17.5 Å². The normalized spacial score (nSPS) is 18.9. The summed E-state index contributed by atoms with van der Waals surface area (Å²) < 4.78 is 0. The highest BCUT2D eigenvalue weighted by Crippen LogP contribution is 2.18. The van der Waals surface area contributed by atoms with Crippen LogP contribution in [0.2, 0.25) is 0 Å². The number of benzene rings is 1. The van der Waals surface area contributed by atoms with Gasteiger partial charge in [-0.15, -0.1) is 0 Å². The first kappa shape index (κ1) is 18.5. The fourth-order valence-electron chi connectivity index (χ4n) is 3.01. The molecule has 1 aromatic rings. The summed E-state index contributed by atoms with van der Waals surface area (Å²) in [7, 11) is 0. The van der Waals surface area contributed by atoms with Gasteiger partial charge in [-0.2, -0.15) is 0 Å². The van der Waals surface area contributed by atoms with Crippen molar-refractivity contribution in [3.8, 4) is 0 Å². The maximum Gasteiger partial charge on any atom is 0.238 e. The third kappa shape index (κ3) is 5.96. The molecule has 1 aliphatic rings. The largest absolute Gasteiger partial charge is 0.351 e. The number of rotatable bonds is 4. The first-order valence-electron chi connectivity index (χ1n) is 8.64. The van der Waals surface area contributed by atoms with E-state index in [1.807, 2.05) is 52.0 Å². The van der Waals surface area contributed by atoms with Gasteiger partial charge in [0.2, 0.25) is 11.8 Å². The number of hydrogen-bond donors (Lipinski definition) is 2. The minimum absolute atomic E-state index is 0.0301. The highest BCUT2D eigenvalue weighted by Gasteiger charge is 2.28. The SMILES string of the molecule is Cc1cccc(NC(=O)CN2CCCC(C(=O)NC(C)(C)C)C2)c1. The lowest BCUT2D eigenvalue weighted by atomic mass is 9.95. The molecule has 1 aliphatic heterocycles. The molecule has 2 N–H and O–H groups in total. The van der Waals surface area contributed by atoms with E-state index in [2.05, 4.69) is 15.5 Å². The van der Waals surface area contributed by atoms with E-state index in [9.17, 15) is 9.59 Å². The van der Waals surface area contributed by atoms with Crippen molar-refractivity contribution in [2.24, 2.45) is 5.92 Å². The lowest BCUT2D eigenvalue weighted by Gasteiger charge is -2.33. The van der Waals surface area contributed by atoms with Gasteiger partial charge >= 0.3 is 0 Å². The number of hydrogen-bond acceptors (Lipinski definition) is 3. The monoisotopic (exact) mass is 331 g/mol. The molecule has 2 amide bonds. The van der Waals surface area contributed by atoms with E-state index >= 15 is 0 Å². The number of carbonyl (C=O) groups is 2. The van der Waals surface area contributed by atoms with Crippen LogP contribution in [0.4, 0.5) is 5.69 Å². The molecule has 0 bridgehead atoms. The van der Waals surface area contributed by atoms with Gasteiger partial charge in [0.25, 0.3) is 0 Å². The Morgan fingerprint density at radius 1 is 1.29 bits per heavy atom. The molecule has 2 rings (SSSR count). The number of nitrogens with zero attached hydrogens (tertiary/aromatic N) is 1. The Kier molecular flexibility index (Phi) is 5.99. The second kappa shape index (κ2) is 7.79. The Morgan fingerprint density at radius 3 is 2.71 bits per heavy atom. The van der Waals surface area contributed by atoms with Gasteiger partial charge in [0.1, 0.15) is 0 Å². The molecule has 5 nitrogen and oxygen atoms in total. The van der Waals surface area contributed by atoms with Gasteiger partial charge in [-0.1, -0.05) is 12.1 Å². The van der Waals surface area contributed by atoms with Gasteiger partial charge < -0.3 is 10.6 Å². The minimum atomic E-state index is -0.220. The summed E-state index contributed by atoms with van der Waals surface area (Å²) in [6, 6.07) is 7.77. The molecule has 1 fully saturated rings. The van der Waals surface area contributed by atoms with Gasteiger partial charge in [0.05, 0.1) is 12.5 Å². The molecule has 5 heteroatoms. The summed E-state index contributed by atoms with van der Waals surface area (Å²) in [5.74, 6) is 0.0218. The zero-order chi connectivity index (χ0) is 17.7. The standard InChI is InChI=1S/C19H29N3O2/c1-14-7-5-9-16(11-14)20-17(23)13-22-10-6-8-15(12-22)18(24)21-19(2,3)4/h5,7,9,11,15H,6,8,10,12-13H2,1-4H3,(H,20,23)(H,21,24). The second-order valence-electron chi connectivity index (χ2n) is 7.73. The van der Waals surface area contributed by atoms with Crippen molar-refractivity contribution < 1.29 is 9.59 Å². The van der Waals surface area contributed by atoms with Crippen LogP contribution in [0.1, 0.15) is 39.2 Å². The Labute approximate surface area is 144 Å². The van der Waals surface area contributed by atoms with Crippen LogP contribution in [-0.2, 0) is 9.59 Å². The lowest BCUT2D eigenvalue weighted by Crippen LogP contribution is -2.49. The highest BCUT2D eigenvalue weighted by atomic mass is 16.2. The van der Waals surface area contributed by atoms with Gasteiger partial charge in [-0.05, 0) is 64.8 Å². The van der Waals surface area contributed by atoms with Gasteiger partial charge in [0.15, 0.2) is 0 Å². The number of anilines is 1. The molecule has 0 saturated carbocycles. The summed E-state index contributed by atoms with van der Waals surface area (Å²) >= 11 is 0. The molecule has 1 saturated heterocycles. The van der Waals surface area contributed by atoms with Crippen molar-refractivity contribution in [2.45, 2.75) is 46.1 Å². The zero-order valence-electron chi connectivity index (χ0n) is 15.2. The van der Waals surface area contributed by atoms with E-state index in [1.54, 1.807) is 0 Å². The van der Waals surface area contributed by atoms with Crippen molar-refractivity contribution in [1.29, 1.82) is 0 Å². The smallest absolute Gasteiger partial charge is 0.238 e. The molecule has 0 aromatic heterocycles. The number of likely N-dealkylation sites (tertiary alicyclic amines) is 1. The van der Waals surface area contributed by atoms with E-state index in [4.69, 9.17) is 0 Å². The van der Waals surface area contributed by atoms with Crippen molar-refractivity contribution in [1.82, 2.24) is 10.2 Å². The van der Waals surface area contributed by atoms with Crippen LogP contribution in [0.5, 0.6) is 0 Å². The number of piperidine rings is 1. The second-order valence-corrected chi connectivity index (χ2v) is 7.73. The van der Waals surface area contributed by atoms with Crippen molar-refractivity contribution in [3.63, 3.8) is 0 Å². The summed E-state index contributed by atoms with van der Waals surface area (Å²) in [4.78, 5) is 26.7. The fourth-order valence-corrected chi connectivity index (χ4v) is 3.01. The molecule has 0 radical (unpaired) electrons. The highest BCUT2D eigenvalue weighted by molar-refractivity contribution is 5.92. The molecule has 0 aliphatic carbocycles. The molecule has 1 aromatic carbocycles. The fraction of sp³-hybridized carbons (Fsp3) is 0.579. The Bertz CT molecular complexity index is 593. The van der Waals surface area contributed by atoms with Crippen LogP contribution in [0.25, 0.3) is 0 Å². The van der Waals surface area contributed by atoms with Crippen LogP contribution in [0, 0.1) is 12.8 Å². The predicted molar refractivity (Wildman–Crippen MR) is 96.9 cm³/mol. The third-order valence-electron chi connectivity index (χ3n) is 4.04. The van der Waals surface area contributed by atoms with Crippen LogP contribution in [0.15, 0.2) is 24.3 Å². The average Bonchev–Trinajstić information content (AvgIpc) is 2.45. The predicted octanol–water partition coefficient (Wildman–Crippen LogP) is 2.56. The molecule has 24 heavy (non-hydrogen) atoms. The maximum absolute atomic E-state index is 12.3. The summed E-state index contributed by atoms with van der Waals surface area (Å²) in [5.41, 5.74) is 1.71. The number of nitrogens with one attached hydrogen (secondary N) is 2. The van der Waals surface area contributed by atoms with E-state index in [1.165, 1.54) is 0 Å². The average molecular weight is 331 g/mol. The van der Waals surface area contributed by atoms with E-state index < -0.39 is 0 Å². The van der Waals surface area contributed by atoms with Crippen LogP contribution < -0.4 is 10.6 Å². The molecular formula is C19H29N3O2. The third-order valence-corrected chi connectivity index (χ3v) is 4.04. The van der Waals surface area contributed by atoms with Crippen LogP contribution >= 0.6 is 0 Å². The maximum atomic E-state index is 12.3. The van der Waals surface area contributed by atoms with E-state index in [0.29, 0.717) is 13.1 Å². The molecular weight excluding hydrogens is 302 g/mol. The van der Waals surface area contributed by atoms with Gasteiger partial charge in [-0.25, -0.2) is 0 Å². The van der Waals surface area contributed by atoms with E-state index in [0.717, 1.165) is 30.6 Å². The molecule has 132 valence electrons. The lowest BCUT2D eigenvalue weighted by molar-refractivity contribution is -0.129. The van der Waals surface area contributed by atoms with Crippen molar-refractivity contribution in [3.05, 3.63) is 29.8 Å². The summed E-state index contributed by atoms with van der Waals surface area (Å²) in [5, 5.41) is 5.97.